The summed E-state index contributed by atoms with van der Waals surface area (Å²) in [4.78, 5) is 47.9. The van der Waals surface area contributed by atoms with E-state index in [9.17, 15) is 24.3 Å². The highest BCUT2D eigenvalue weighted by molar-refractivity contribution is 6.32. The van der Waals surface area contributed by atoms with Crippen LogP contribution in [0.1, 0.15) is 51.3 Å². The van der Waals surface area contributed by atoms with Gasteiger partial charge in [0.25, 0.3) is 0 Å². The molecule has 1 N–H and O–H groups in total. The molecule has 2 aliphatic rings. The minimum Gasteiger partial charge on any atom is -0.478 e. The lowest BCUT2D eigenvalue weighted by atomic mass is 9.77. The fraction of sp³-hybridized carbons (Fsp3) is 0.120. The Morgan fingerprint density at radius 1 is 0.833 bits per heavy atom. The van der Waals surface area contributed by atoms with Crippen LogP contribution in [0.4, 0.5) is 0 Å². The lowest BCUT2D eigenvalue weighted by Gasteiger charge is -2.37. The number of halogens is 2. The van der Waals surface area contributed by atoms with Gasteiger partial charge in [0.1, 0.15) is 11.5 Å². The van der Waals surface area contributed by atoms with Gasteiger partial charge >= 0.3 is 23.9 Å². The van der Waals surface area contributed by atoms with E-state index in [1.54, 1.807) is 0 Å². The number of aromatic carboxylic acids is 1. The third kappa shape index (κ3) is 3.55. The van der Waals surface area contributed by atoms with Crippen molar-refractivity contribution < 1.29 is 43.2 Å². The first kappa shape index (κ1) is 23.7. The molecule has 36 heavy (non-hydrogen) atoms. The zero-order chi connectivity index (χ0) is 25.9. The first-order valence-electron chi connectivity index (χ1n) is 10.3. The molecule has 0 saturated heterocycles. The first-order valence-corrected chi connectivity index (χ1v) is 11.1. The molecule has 182 valence electrons. The maximum Gasteiger partial charge on any atom is 0.340 e. The molecule has 0 saturated carbocycles. The van der Waals surface area contributed by atoms with Crippen molar-refractivity contribution in [2.45, 2.75) is 19.4 Å². The van der Waals surface area contributed by atoms with Crippen LogP contribution in [-0.4, -0.2) is 29.0 Å². The molecule has 0 aliphatic carbocycles. The van der Waals surface area contributed by atoms with Gasteiger partial charge in [-0.15, -0.1) is 0 Å². The summed E-state index contributed by atoms with van der Waals surface area (Å²) >= 11 is 12.8. The highest BCUT2D eigenvalue weighted by Crippen LogP contribution is 2.58. The van der Waals surface area contributed by atoms with Crippen molar-refractivity contribution in [3.8, 4) is 23.0 Å². The first-order chi connectivity index (χ1) is 17.0. The summed E-state index contributed by atoms with van der Waals surface area (Å²) < 4.78 is 22.3. The van der Waals surface area contributed by atoms with Gasteiger partial charge in [0.15, 0.2) is 17.1 Å². The number of carboxylic acids is 1. The molecule has 11 heteroatoms. The minimum absolute atomic E-state index is 0.0110. The zero-order valence-corrected chi connectivity index (χ0v) is 20.0. The van der Waals surface area contributed by atoms with Crippen LogP contribution in [0.5, 0.6) is 23.0 Å². The van der Waals surface area contributed by atoms with Crippen LogP contribution in [0, 0.1) is 0 Å². The van der Waals surface area contributed by atoms with E-state index in [0.717, 1.165) is 0 Å². The third-order valence-electron chi connectivity index (χ3n) is 5.67. The molecule has 1 spiro atoms. The Labute approximate surface area is 213 Å². The summed E-state index contributed by atoms with van der Waals surface area (Å²) in [7, 11) is 0. The Morgan fingerprint density at radius 2 is 1.36 bits per heavy atom. The summed E-state index contributed by atoms with van der Waals surface area (Å²) in [6.45, 7) is 2.40. The van der Waals surface area contributed by atoms with Crippen LogP contribution in [0.3, 0.4) is 0 Å². The third-order valence-corrected chi connectivity index (χ3v) is 6.26. The van der Waals surface area contributed by atoms with E-state index in [1.165, 1.54) is 56.3 Å². The Hall–Kier alpha value is -4.08. The van der Waals surface area contributed by atoms with E-state index < -0.39 is 29.5 Å². The molecule has 0 aromatic heterocycles. The highest BCUT2D eigenvalue weighted by atomic mass is 35.5. The summed E-state index contributed by atoms with van der Waals surface area (Å²) in [6, 6.07) is 9.46. The average Bonchev–Trinajstić information content (AvgIpc) is 3.08. The SMILES string of the molecule is CC(=O)Oc1cc2c(cc1Cl)C1(OC(=O)c3ccc(C(=O)O)cc31)c1cc(Cl)c(OC(C)=O)cc1O2. The average molecular weight is 529 g/mol. The second-order valence-electron chi connectivity index (χ2n) is 7.98. The predicted molar refractivity (Wildman–Crippen MR) is 124 cm³/mol. The van der Waals surface area contributed by atoms with E-state index in [2.05, 4.69) is 0 Å². The van der Waals surface area contributed by atoms with Crippen LogP contribution in [-0.2, 0) is 19.9 Å². The molecule has 2 heterocycles. The van der Waals surface area contributed by atoms with Crippen molar-refractivity contribution >= 4 is 47.1 Å². The van der Waals surface area contributed by atoms with E-state index in [0.29, 0.717) is 0 Å². The van der Waals surface area contributed by atoms with Gasteiger partial charge < -0.3 is 24.1 Å². The molecule has 3 aromatic rings. The van der Waals surface area contributed by atoms with Gasteiger partial charge in [-0.2, -0.15) is 0 Å². The number of carbonyl (C=O) groups excluding carboxylic acids is 3. The molecular weight excluding hydrogens is 515 g/mol. The van der Waals surface area contributed by atoms with Crippen molar-refractivity contribution in [2.24, 2.45) is 0 Å². The molecule has 0 unspecified atom stereocenters. The second kappa shape index (κ2) is 8.25. The second-order valence-corrected chi connectivity index (χ2v) is 8.80. The molecule has 0 bridgehead atoms. The minimum atomic E-state index is -1.72. The van der Waals surface area contributed by atoms with Crippen LogP contribution in [0.2, 0.25) is 10.0 Å². The van der Waals surface area contributed by atoms with Gasteiger partial charge in [-0.05, 0) is 30.3 Å². The monoisotopic (exact) mass is 528 g/mol. The van der Waals surface area contributed by atoms with Gasteiger partial charge in [0.05, 0.1) is 21.2 Å². The van der Waals surface area contributed by atoms with Crippen molar-refractivity contribution in [2.75, 3.05) is 0 Å². The van der Waals surface area contributed by atoms with E-state index in [-0.39, 0.29) is 60.9 Å². The standard InChI is InChI=1S/C25H14Cl2O9/c1-10(28)33-21-8-19-15(6-17(21)26)25(14-5-12(23(30)31)3-4-13(14)24(32)36-25)16-7-18(27)22(34-11(2)29)9-20(16)35-19/h3-9H,1-2H3,(H,30,31). The summed E-state index contributed by atoms with van der Waals surface area (Å²) in [5.41, 5.74) is -1.00. The summed E-state index contributed by atoms with van der Waals surface area (Å²) in [6.07, 6.45) is 0. The summed E-state index contributed by atoms with van der Waals surface area (Å²) in [5, 5.41) is 9.62. The number of hydrogen-bond acceptors (Lipinski definition) is 8. The topological polar surface area (TPSA) is 125 Å². The van der Waals surface area contributed by atoms with Gasteiger partial charge in [0, 0.05) is 42.7 Å². The van der Waals surface area contributed by atoms with Crippen LogP contribution >= 0.6 is 23.2 Å². The Balaban J connectivity index is 1.85. The molecule has 3 aromatic carbocycles. The molecule has 5 rings (SSSR count). The molecule has 0 radical (unpaired) electrons. The number of ether oxygens (including phenoxy) is 4. The predicted octanol–water partition coefficient (Wildman–Crippen LogP) is 5.11. The van der Waals surface area contributed by atoms with E-state index >= 15 is 0 Å². The molecular formula is C25H14Cl2O9. The number of carboxylic acid groups (broad SMARTS) is 1. The lowest BCUT2D eigenvalue weighted by molar-refractivity contribution is -0.132. The molecule has 9 nitrogen and oxygen atoms in total. The number of benzene rings is 3. The Morgan fingerprint density at radius 3 is 1.83 bits per heavy atom. The van der Waals surface area contributed by atoms with Gasteiger partial charge in [-0.3, -0.25) is 9.59 Å². The van der Waals surface area contributed by atoms with Crippen molar-refractivity contribution in [1.82, 2.24) is 0 Å². The van der Waals surface area contributed by atoms with Crippen molar-refractivity contribution in [1.29, 1.82) is 0 Å². The maximum atomic E-state index is 13.0. The van der Waals surface area contributed by atoms with E-state index in [4.69, 9.17) is 42.1 Å². The van der Waals surface area contributed by atoms with Crippen LogP contribution in [0.15, 0.2) is 42.5 Å². The molecule has 0 atom stereocenters. The van der Waals surface area contributed by atoms with Crippen molar-refractivity contribution in [3.63, 3.8) is 0 Å². The normalized spacial score (nSPS) is 14.2. The van der Waals surface area contributed by atoms with E-state index in [1.807, 2.05) is 0 Å². The smallest absolute Gasteiger partial charge is 0.340 e. The Bertz CT molecular complexity index is 1450. The maximum absolute atomic E-state index is 13.0. The lowest BCUT2D eigenvalue weighted by Crippen LogP contribution is -2.33. The van der Waals surface area contributed by atoms with Gasteiger partial charge in [0.2, 0.25) is 0 Å². The number of hydrogen-bond donors (Lipinski definition) is 1. The summed E-state index contributed by atoms with van der Waals surface area (Å²) in [5.74, 6) is -3.03. The van der Waals surface area contributed by atoms with Gasteiger partial charge in [-0.1, -0.05) is 23.2 Å². The largest absolute Gasteiger partial charge is 0.478 e. The fourth-order valence-corrected chi connectivity index (χ4v) is 4.72. The number of esters is 3. The molecule has 2 aliphatic heterocycles. The van der Waals surface area contributed by atoms with Crippen LogP contribution in [0.25, 0.3) is 0 Å². The van der Waals surface area contributed by atoms with Crippen molar-refractivity contribution in [3.05, 3.63) is 80.3 Å². The van der Waals surface area contributed by atoms with Gasteiger partial charge in [-0.25, -0.2) is 9.59 Å². The Kier molecular flexibility index (Phi) is 5.42. The number of rotatable bonds is 3. The quantitative estimate of drug-likeness (QED) is 0.364. The number of fused-ring (bicyclic) bond motifs is 6. The fourth-order valence-electron chi connectivity index (χ4n) is 4.31. The molecule has 0 fully saturated rings. The zero-order valence-electron chi connectivity index (χ0n) is 18.5. The number of carbonyl (C=O) groups is 4. The highest BCUT2D eigenvalue weighted by Gasteiger charge is 2.54. The van der Waals surface area contributed by atoms with Crippen LogP contribution < -0.4 is 14.2 Å². The molecule has 0 amide bonds.